The van der Waals surface area contributed by atoms with Crippen molar-refractivity contribution in [2.45, 2.75) is 13.3 Å². The summed E-state index contributed by atoms with van der Waals surface area (Å²) in [4.78, 5) is 7.49. The molecule has 0 atom stereocenters. The van der Waals surface area contributed by atoms with Crippen molar-refractivity contribution in [2.24, 2.45) is 0 Å². The fourth-order valence-electron chi connectivity index (χ4n) is 1.09. The predicted octanol–water partition coefficient (Wildman–Crippen LogP) is 2.70. The molecule has 2 heterocycles. The summed E-state index contributed by atoms with van der Waals surface area (Å²) in [6, 6.07) is 2.04. The summed E-state index contributed by atoms with van der Waals surface area (Å²) < 4.78 is 0. The minimum atomic E-state index is 1.02. The van der Waals surface area contributed by atoms with Crippen LogP contribution >= 0.6 is 11.3 Å². The molecule has 0 unspecified atom stereocenters. The molecule has 62 valence electrons. The molecule has 0 amide bonds. The van der Waals surface area contributed by atoms with Crippen molar-refractivity contribution in [2.75, 3.05) is 0 Å². The number of H-pyrrole nitrogens is 1. The highest BCUT2D eigenvalue weighted by Crippen LogP contribution is 2.21. The van der Waals surface area contributed by atoms with Gasteiger partial charge in [0.25, 0.3) is 0 Å². The molecule has 0 spiro atoms. The maximum Gasteiger partial charge on any atom is 0.0929 e. The molecule has 2 aromatic heterocycles. The summed E-state index contributed by atoms with van der Waals surface area (Å²) in [6.07, 6.45) is 4.91. The molecule has 2 rings (SSSR count). The van der Waals surface area contributed by atoms with E-state index in [0.717, 1.165) is 12.1 Å². The number of nitrogens with one attached hydrogen (secondary N) is 1. The van der Waals surface area contributed by atoms with E-state index >= 15 is 0 Å². The Hall–Kier alpha value is -1.09. The van der Waals surface area contributed by atoms with Gasteiger partial charge in [-0.1, -0.05) is 6.92 Å². The molecule has 0 saturated carbocycles. The van der Waals surface area contributed by atoms with Crippen LogP contribution in [0.1, 0.15) is 11.9 Å². The molecule has 0 saturated heterocycles. The maximum absolute atomic E-state index is 4.47. The Balaban J connectivity index is 2.35. The second-order valence-electron chi connectivity index (χ2n) is 2.58. The van der Waals surface area contributed by atoms with Crippen LogP contribution in [0.5, 0.6) is 0 Å². The van der Waals surface area contributed by atoms with E-state index in [1.165, 1.54) is 10.6 Å². The molecule has 0 aliphatic rings. The average Bonchev–Trinajstić information content (AvgIpc) is 2.75. The van der Waals surface area contributed by atoms with Crippen LogP contribution in [0.2, 0.25) is 0 Å². The van der Waals surface area contributed by atoms with Gasteiger partial charge in [0.05, 0.1) is 10.7 Å². The Bertz CT molecular complexity index is 348. The summed E-state index contributed by atoms with van der Waals surface area (Å²) in [5, 5.41) is 3.30. The van der Waals surface area contributed by atoms with E-state index in [0.29, 0.717) is 0 Å². The molecule has 1 N–H and O–H groups in total. The van der Waals surface area contributed by atoms with Crippen molar-refractivity contribution in [3.8, 4) is 11.3 Å². The van der Waals surface area contributed by atoms with Gasteiger partial charge in [-0.2, -0.15) is 0 Å². The SMILES string of the molecule is CCc1nc(-c2cc[nH]c2)cs1. The van der Waals surface area contributed by atoms with E-state index in [4.69, 9.17) is 0 Å². The predicted molar refractivity (Wildman–Crippen MR) is 51.3 cm³/mol. The average molecular weight is 178 g/mol. The third kappa shape index (κ3) is 1.28. The van der Waals surface area contributed by atoms with Gasteiger partial charge in [0.15, 0.2) is 0 Å². The number of rotatable bonds is 2. The Morgan fingerprint density at radius 1 is 1.58 bits per heavy atom. The van der Waals surface area contributed by atoms with Gasteiger partial charge in [-0.15, -0.1) is 11.3 Å². The summed E-state index contributed by atoms with van der Waals surface area (Å²) in [7, 11) is 0. The van der Waals surface area contributed by atoms with Gasteiger partial charge in [-0.25, -0.2) is 4.98 Å². The zero-order valence-electron chi connectivity index (χ0n) is 6.87. The molecule has 0 fully saturated rings. The van der Waals surface area contributed by atoms with Crippen molar-refractivity contribution < 1.29 is 0 Å². The van der Waals surface area contributed by atoms with E-state index in [2.05, 4.69) is 22.3 Å². The topological polar surface area (TPSA) is 28.7 Å². The lowest BCUT2D eigenvalue weighted by molar-refractivity contribution is 1.10. The third-order valence-corrected chi connectivity index (χ3v) is 2.74. The van der Waals surface area contributed by atoms with Crippen LogP contribution in [-0.2, 0) is 6.42 Å². The zero-order chi connectivity index (χ0) is 8.39. The van der Waals surface area contributed by atoms with Gasteiger partial charge < -0.3 is 4.98 Å². The fraction of sp³-hybridized carbons (Fsp3) is 0.222. The third-order valence-electron chi connectivity index (χ3n) is 1.75. The summed E-state index contributed by atoms with van der Waals surface area (Å²) in [5.41, 5.74) is 2.25. The lowest BCUT2D eigenvalue weighted by Gasteiger charge is -1.86. The second-order valence-corrected chi connectivity index (χ2v) is 3.52. The maximum atomic E-state index is 4.47. The van der Waals surface area contributed by atoms with Gasteiger partial charge in [-0.05, 0) is 12.5 Å². The second kappa shape index (κ2) is 3.11. The molecule has 0 bridgehead atoms. The van der Waals surface area contributed by atoms with Crippen LogP contribution in [-0.4, -0.2) is 9.97 Å². The zero-order valence-corrected chi connectivity index (χ0v) is 7.69. The number of nitrogens with zero attached hydrogens (tertiary/aromatic N) is 1. The number of thiazole rings is 1. The molecule has 2 nitrogen and oxygen atoms in total. The van der Waals surface area contributed by atoms with Crippen molar-refractivity contribution in [3.63, 3.8) is 0 Å². The van der Waals surface area contributed by atoms with Gasteiger partial charge >= 0.3 is 0 Å². The van der Waals surface area contributed by atoms with Crippen LogP contribution in [0.3, 0.4) is 0 Å². The van der Waals surface area contributed by atoms with Gasteiger partial charge in [0.1, 0.15) is 0 Å². The highest BCUT2D eigenvalue weighted by atomic mass is 32.1. The smallest absolute Gasteiger partial charge is 0.0929 e. The van der Waals surface area contributed by atoms with E-state index in [1.54, 1.807) is 11.3 Å². The van der Waals surface area contributed by atoms with E-state index < -0.39 is 0 Å². The van der Waals surface area contributed by atoms with Crippen LogP contribution in [0.25, 0.3) is 11.3 Å². The Morgan fingerprint density at radius 3 is 3.08 bits per heavy atom. The molecular weight excluding hydrogens is 168 g/mol. The lowest BCUT2D eigenvalue weighted by atomic mass is 10.3. The number of aryl methyl sites for hydroxylation is 1. The van der Waals surface area contributed by atoms with E-state index in [1.807, 2.05) is 18.5 Å². The highest BCUT2D eigenvalue weighted by Gasteiger charge is 2.02. The van der Waals surface area contributed by atoms with Crippen molar-refractivity contribution >= 4 is 11.3 Å². The van der Waals surface area contributed by atoms with Crippen LogP contribution in [0.15, 0.2) is 23.8 Å². The molecule has 3 heteroatoms. The van der Waals surface area contributed by atoms with Crippen molar-refractivity contribution in [1.29, 1.82) is 0 Å². The highest BCUT2D eigenvalue weighted by molar-refractivity contribution is 7.09. The molecule has 0 radical (unpaired) electrons. The number of hydrogen-bond donors (Lipinski definition) is 1. The minimum absolute atomic E-state index is 1.02. The quantitative estimate of drug-likeness (QED) is 0.752. The first-order chi connectivity index (χ1) is 5.90. The summed E-state index contributed by atoms with van der Waals surface area (Å²) in [5.74, 6) is 0. The molecule has 0 aliphatic carbocycles. The monoisotopic (exact) mass is 178 g/mol. The molecule has 2 aromatic rings. The van der Waals surface area contributed by atoms with Gasteiger partial charge in [0.2, 0.25) is 0 Å². The van der Waals surface area contributed by atoms with E-state index in [9.17, 15) is 0 Å². The number of hydrogen-bond acceptors (Lipinski definition) is 2. The normalized spacial score (nSPS) is 10.4. The Kier molecular flexibility index (Phi) is 1.96. The van der Waals surface area contributed by atoms with Crippen LogP contribution in [0, 0.1) is 0 Å². The Labute approximate surface area is 75.3 Å². The molecule has 0 aliphatic heterocycles. The first-order valence-corrected chi connectivity index (χ1v) is 4.85. The molecule has 0 aromatic carbocycles. The van der Waals surface area contributed by atoms with Crippen molar-refractivity contribution in [3.05, 3.63) is 28.8 Å². The van der Waals surface area contributed by atoms with Gasteiger partial charge in [0, 0.05) is 23.3 Å². The molecule has 12 heavy (non-hydrogen) atoms. The Morgan fingerprint density at radius 2 is 2.50 bits per heavy atom. The molecular formula is C9H10N2S. The van der Waals surface area contributed by atoms with Crippen molar-refractivity contribution in [1.82, 2.24) is 9.97 Å². The lowest BCUT2D eigenvalue weighted by Crippen LogP contribution is -1.77. The number of aromatic amines is 1. The minimum Gasteiger partial charge on any atom is -0.367 e. The van der Waals surface area contributed by atoms with Gasteiger partial charge in [-0.3, -0.25) is 0 Å². The van der Waals surface area contributed by atoms with Crippen LogP contribution in [0.4, 0.5) is 0 Å². The summed E-state index contributed by atoms with van der Waals surface area (Å²) in [6.45, 7) is 2.12. The first-order valence-electron chi connectivity index (χ1n) is 3.97. The van der Waals surface area contributed by atoms with Crippen LogP contribution < -0.4 is 0 Å². The largest absolute Gasteiger partial charge is 0.367 e. The standard InChI is InChI=1S/C9H10N2S/c1-2-9-11-8(6-12-9)7-3-4-10-5-7/h3-6,10H,2H2,1H3. The van der Waals surface area contributed by atoms with E-state index in [-0.39, 0.29) is 0 Å². The first kappa shape index (κ1) is 7.55. The summed E-state index contributed by atoms with van der Waals surface area (Å²) >= 11 is 1.72. The fourth-order valence-corrected chi connectivity index (χ4v) is 1.84. The number of aromatic nitrogens is 2.